The van der Waals surface area contributed by atoms with E-state index in [0.717, 1.165) is 37.1 Å². The third kappa shape index (κ3) is 3.97. The molecular weight excluding hydrogens is 252 g/mol. The maximum absolute atomic E-state index is 12.1. The van der Waals surface area contributed by atoms with Crippen LogP contribution in [0.5, 0.6) is 5.75 Å². The lowest BCUT2D eigenvalue weighted by molar-refractivity contribution is -0.119. The van der Waals surface area contributed by atoms with Crippen LogP contribution in [-0.2, 0) is 4.79 Å². The number of carbonyl (C=O) groups is 1. The van der Waals surface area contributed by atoms with Crippen LogP contribution in [0, 0.1) is 5.92 Å². The molecule has 110 valence electrons. The lowest BCUT2D eigenvalue weighted by Gasteiger charge is -2.14. The maximum atomic E-state index is 12.1. The first kappa shape index (κ1) is 14.9. The Balaban J connectivity index is 1.88. The SMILES string of the molecule is CCC(C)Oc1ccc(NC(=O)C2CCC(N)C2)cc1. The molecule has 1 aliphatic rings. The Morgan fingerprint density at radius 1 is 1.40 bits per heavy atom. The number of benzene rings is 1. The van der Waals surface area contributed by atoms with Crippen molar-refractivity contribution in [3.63, 3.8) is 0 Å². The molecule has 0 radical (unpaired) electrons. The summed E-state index contributed by atoms with van der Waals surface area (Å²) < 4.78 is 5.71. The van der Waals surface area contributed by atoms with Gasteiger partial charge < -0.3 is 15.8 Å². The van der Waals surface area contributed by atoms with Gasteiger partial charge >= 0.3 is 0 Å². The van der Waals surface area contributed by atoms with Gasteiger partial charge in [-0.1, -0.05) is 6.92 Å². The average molecular weight is 276 g/mol. The second-order valence-corrected chi connectivity index (χ2v) is 5.62. The number of ether oxygens (including phenoxy) is 1. The summed E-state index contributed by atoms with van der Waals surface area (Å²) in [6, 6.07) is 7.72. The summed E-state index contributed by atoms with van der Waals surface area (Å²) in [5.41, 5.74) is 6.65. The Hall–Kier alpha value is -1.55. The molecule has 1 amide bonds. The van der Waals surface area contributed by atoms with Gasteiger partial charge in [0.15, 0.2) is 0 Å². The van der Waals surface area contributed by atoms with Crippen LogP contribution in [0.3, 0.4) is 0 Å². The molecule has 4 nitrogen and oxygen atoms in total. The highest BCUT2D eigenvalue weighted by Gasteiger charge is 2.27. The monoisotopic (exact) mass is 276 g/mol. The molecule has 20 heavy (non-hydrogen) atoms. The fraction of sp³-hybridized carbons (Fsp3) is 0.562. The molecule has 3 atom stereocenters. The van der Waals surface area contributed by atoms with Crippen molar-refractivity contribution in [2.24, 2.45) is 11.7 Å². The summed E-state index contributed by atoms with van der Waals surface area (Å²) in [6.07, 6.45) is 3.80. The Labute approximate surface area is 120 Å². The minimum absolute atomic E-state index is 0.0565. The first-order chi connectivity index (χ1) is 9.58. The van der Waals surface area contributed by atoms with Gasteiger partial charge in [0.05, 0.1) is 6.10 Å². The van der Waals surface area contributed by atoms with E-state index >= 15 is 0 Å². The topological polar surface area (TPSA) is 64.3 Å². The highest BCUT2D eigenvalue weighted by atomic mass is 16.5. The van der Waals surface area contributed by atoms with E-state index in [1.807, 2.05) is 31.2 Å². The summed E-state index contributed by atoms with van der Waals surface area (Å²) in [5, 5.41) is 2.95. The quantitative estimate of drug-likeness (QED) is 0.869. The van der Waals surface area contributed by atoms with Crippen LogP contribution in [0.15, 0.2) is 24.3 Å². The van der Waals surface area contributed by atoms with E-state index in [2.05, 4.69) is 12.2 Å². The Morgan fingerprint density at radius 2 is 2.10 bits per heavy atom. The standard InChI is InChI=1S/C16H24N2O2/c1-3-11(2)20-15-8-6-14(7-9-15)18-16(19)12-4-5-13(17)10-12/h6-9,11-13H,3-5,10,17H2,1-2H3,(H,18,19). The third-order valence-corrected chi connectivity index (χ3v) is 3.88. The zero-order chi connectivity index (χ0) is 14.5. The number of hydrogen-bond acceptors (Lipinski definition) is 3. The molecule has 3 unspecified atom stereocenters. The van der Waals surface area contributed by atoms with Gasteiger partial charge in [0.1, 0.15) is 5.75 Å². The van der Waals surface area contributed by atoms with Gasteiger partial charge in [0.25, 0.3) is 0 Å². The average Bonchev–Trinajstić information content (AvgIpc) is 2.87. The maximum Gasteiger partial charge on any atom is 0.227 e. The highest BCUT2D eigenvalue weighted by Crippen LogP contribution is 2.26. The van der Waals surface area contributed by atoms with E-state index < -0.39 is 0 Å². The van der Waals surface area contributed by atoms with Crippen LogP contribution < -0.4 is 15.8 Å². The lowest BCUT2D eigenvalue weighted by Crippen LogP contribution is -2.23. The first-order valence-electron chi connectivity index (χ1n) is 7.41. The van der Waals surface area contributed by atoms with Crippen molar-refractivity contribution < 1.29 is 9.53 Å². The Kier molecular flexibility index (Phi) is 5.01. The van der Waals surface area contributed by atoms with Crippen LogP contribution in [0.25, 0.3) is 0 Å². The smallest absolute Gasteiger partial charge is 0.227 e. The molecule has 0 heterocycles. The van der Waals surface area contributed by atoms with E-state index in [1.165, 1.54) is 0 Å². The van der Waals surface area contributed by atoms with Crippen molar-refractivity contribution in [2.75, 3.05) is 5.32 Å². The first-order valence-corrected chi connectivity index (χ1v) is 7.41. The summed E-state index contributed by atoms with van der Waals surface area (Å²) in [6.45, 7) is 4.13. The molecule has 1 aliphatic carbocycles. The molecular formula is C16H24N2O2. The number of amides is 1. The molecule has 0 spiro atoms. The molecule has 0 aromatic heterocycles. The minimum Gasteiger partial charge on any atom is -0.491 e. The second-order valence-electron chi connectivity index (χ2n) is 5.62. The van der Waals surface area contributed by atoms with Gasteiger partial charge in [-0.3, -0.25) is 4.79 Å². The summed E-state index contributed by atoms with van der Waals surface area (Å²) in [7, 11) is 0. The van der Waals surface area contributed by atoms with Crippen molar-refractivity contribution in [1.82, 2.24) is 0 Å². The summed E-state index contributed by atoms with van der Waals surface area (Å²) in [5.74, 6) is 0.967. The van der Waals surface area contributed by atoms with E-state index in [9.17, 15) is 4.79 Å². The number of anilines is 1. The molecule has 2 rings (SSSR count). The van der Waals surface area contributed by atoms with E-state index in [0.29, 0.717) is 0 Å². The van der Waals surface area contributed by atoms with Gasteiger partial charge in [0, 0.05) is 17.6 Å². The fourth-order valence-electron chi connectivity index (χ4n) is 2.43. The van der Waals surface area contributed by atoms with Gasteiger partial charge in [0.2, 0.25) is 5.91 Å². The molecule has 3 N–H and O–H groups in total. The van der Waals surface area contributed by atoms with Gasteiger partial charge in [-0.25, -0.2) is 0 Å². The van der Waals surface area contributed by atoms with E-state index in [4.69, 9.17) is 10.5 Å². The van der Waals surface area contributed by atoms with Crippen LogP contribution >= 0.6 is 0 Å². The summed E-state index contributed by atoms with van der Waals surface area (Å²) >= 11 is 0. The fourth-order valence-corrected chi connectivity index (χ4v) is 2.43. The molecule has 0 bridgehead atoms. The normalized spacial score (nSPS) is 23.4. The number of nitrogens with one attached hydrogen (secondary N) is 1. The summed E-state index contributed by atoms with van der Waals surface area (Å²) in [4.78, 5) is 12.1. The van der Waals surface area contributed by atoms with Crippen molar-refractivity contribution in [3.05, 3.63) is 24.3 Å². The molecule has 4 heteroatoms. The minimum atomic E-state index is 0.0565. The van der Waals surface area contributed by atoms with E-state index in [1.54, 1.807) is 0 Å². The zero-order valence-electron chi connectivity index (χ0n) is 12.3. The second kappa shape index (κ2) is 6.75. The van der Waals surface area contributed by atoms with Crippen LogP contribution in [-0.4, -0.2) is 18.1 Å². The van der Waals surface area contributed by atoms with Crippen molar-refractivity contribution in [1.29, 1.82) is 0 Å². The number of carbonyl (C=O) groups excluding carboxylic acids is 1. The largest absolute Gasteiger partial charge is 0.491 e. The molecule has 1 fully saturated rings. The molecule has 0 aliphatic heterocycles. The molecule has 1 saturated carbocycles. The Bertz CT molecular complexity index is 444. The number of nitrogens with two attached hydrogens (primary N) is 1. The van der Waals surface area contributed by atoms with Crippen LogP contribution in [0.4, 0.5) is 5.69 Å². The lowest BCUT2D eigenvalue weighted by atomic mass is 10.1. The van der Waals surface area contributed by atoms with Gasteiger partial charge in [-0.2, -0.15) is 0 Å². The van der Waals surface area contributed by atoms with Crippen LogP contribution in [0.2, 0.25) is 0 Å². The van der Waals surface area contributed by atoms with Gasteiger partial charge in [-0.15, -0.1) is 0 Å². The molecule has 1 aromatic rings. The zero-order valence-corrected chi connectivity index (χ0v) is 12.3. The third-order valence-electron chi connectivity index (χ3n) is 3.88. The van der Waals surface area contributed by atoms with Crippen molar-refractivity contribution in [2.45, 2.75) is 51.7 Å². The number of hydrogen-bond donors (Lipinski definition) is 2. The highest BCUT2D eigenvalue weighted by molar-refractivity contribution is 5.92. The predicted octanol–water partition coefficient (Wildman–Crippen LogP) is 2.93. The Morgan fingerprint density at radius 3 is 2.65 bits per heavy atom. The van der Waals surface area contributed by atoms with Crippen LogP contribution in [0.1, 0.15) is 39.5 Å². The number of rotatable bonds is 5. The molecule has 1 aromatic carbocycles. The predicted molar refractivity (Wildman–Crippen MR) is 80.8 cm³/mol. The van der Waals surface area contributed by atoms with Crippen molar-refractivity contribution >= 4 is 11.6 Å². The van der Waals surface area contributed by atoms with Crippen molar-refractivity contribution in [3.8, 4) is 5.75 Å². The van der Waals surface area contributed by atoms with E-state index in [-0.39, 0.29) is 24.0 Å². The molecule has 0 saturated heterocycles. The van der Waals surface area contributed by atoms with Gasteiger partial charge in [-0.05, 0) is 56.9 Å².